The van der Waals surface area contributed by atoms with Gasteiger partial charge in [0.15, 0.2) is 6.29 Å². The number of hydrogen-bond donors (Lipinski definition) is 0. The fraction of sp³-hybridized carbons (Fsp3) is 0.500. The van der Waals surface area contributed by atoms with Crippen molar-refractivity contribution in [1.29, 1.82) is 0 Å². The summed E-state index contributed by atoms with van der Waals surface area (Å²) in [6.45, 7) is 4.69. The van der Waals surface area contributed by atoms with Gasteiger partial charge in [-0.15, -0.1) is 0 Å². The van der Waals surface area contributed by atoms with Gasteiger partial charge in [0, 0.05) is 11.5 Å². The minimum atomic E-state index is -0.871. The van der Waals surface area contributed by atoms with Crippen molar-refractivity contribution in [3.8, 4) is 0 Å². The molecule has 0 amide bonds. The minimum absolute atomic E-state index is 0.161. The van der Waals surface area contributed by atoms with Gasteiger partial charge in [-0.05, 0) is 6.07 Å². The first-order valence-corrected chi connectivity index (χ1v) is 5.96. The zero-order chi connectivity index (χ0) is 14.9. The lowest BCUT2D eigenvalue weighted by molar-refractivity contribution is -0.395. The summed E-state index contributed by atoms with van der Waals surface area (Å²) in [6.07, 6.45) is -0.871. The first-order valence-electron chi connectivity index (χ1n) is 5.96. The molecule has 0 aliphatic carbocycles. The van der Waals surface area contributed by atoms with E-state index in [2.05, 4.69) is 0 Å². The molecule has 0 spiro atoms. The molecule has 1 fully saturated rings. The van der Waals surface area contributed by atoms with Crippen molar-refractivity contribution < 1.29 is 19.3 Å². The van der Waals surface area contributed by atoms with Crippen LogP contribution < -0.4 is 0 Å². The number of rotatable bonds is 3. The molecule has 0 N–H and O–H groups in total. The van der Waals surface area contributed by atoms with Crippen molar-refractivity contribution in [2.24, 2.45) is 5.41 Å². The average Bonchev–Trinajstić information content (AvgIpc) is 2.38. The van der Waals surface area contributed by atoms with E-state index in [0.29, 0.717) is 13.2 Å². The molecule has 0 atom stereocenters. The minimum Gasteiger partial charge on any atom is -0.347 e. The van der Waals surface area contributed by atoms with Crippen LogP contribution in [0.3, 0.4) is 0 Å². The van der Waals surface area contributed by atoms with Crippen LogP contribution in [0.15, 0.2) is 18.2 Å². The molecule has 1 heterocycles. The topological polar surface area (TPSA) is 105 Å². The van der Waals surface area contributed by atoms with Crippen LogP contribution >= 0.6 is 0 Å². The quantitative estimate of drug-likeness (QED) is 0.623. The van der Waals surface area contributed by atoms with E-state index in [1.54, 1.807) is 0 Å². The van der Waals surface area contributed by atoms with E-state index in [9.17, 15) is 20.2 Å². The Labute approximate surface area is 114 Å². The summed E-state index contributed by atoms with van der Waals surface area (Å²) in [5.41, 5.74) is -0.678. The van der Waals surface area contributed by atoms with Crippen molar-refractivity contribution in [3.63, 3.8) is 0 Å². The molecule has 1 aliphatic heterocycles. The Bertz CT molecular complexity index is 547. The van der Waals surface area contributed by atoms with E-state index < -0.39 is 16.1 Å². The Kier molecular flexibility index (Phi) is 3.69. The molecule has 0 saturated carbocycles. The highest BCUT2D eigenvalue weighted by atomic mass is 16.7. The third-order valence-corrected chi connectivity index (χ3v) is 2.93. The second-order valence-corrected chi connectivity index (χ2v) is 5.38. The zero-order valence-corrected chi connectivity index (χ0v) is 11.1. The molecule has 0 radical (unpaired) electrons. The molecule has 20 heavy (non-hydrogen) atoms. The van der Waals surface area contributed by atoms with Gasteiger partial charge in [0.25, 0.3) is 11.4 Å². The summed E-state index contributed by atoms with van der Waals surface area (Å²) in [7, 11) is 0. The molecule has 1 saturated heterocycles. The fourth-order valence-corrected chi connectivity index (χ4v) is 1.87. The van der Waals surface area contributed by atoms with Crippen LogP contribution in [0, 0.1) is 25.6 Å². The van der Waals surface area contributed by atoms with Crippen LogP contribution in [-0.4, -0.2) is 23.1 Å². The Hall–Kier alpha value is -2.06. The highest BCUT2D eigenvalue weighted by molar-refractivity contribution is 5.49. The first kappa shape index (κ1) is 14.4. The van der Waals surface area contributed by atoms with Crippen molar-refractivity contribution in [3.05, 3.63) is 44.0 Å². The molecular formula is C12H14N2O6. The monoisotopic (exact) mass is 282 g/mol. The summed E-state index contributed by atoms with van der Waals surface area (Å²) < 4.78 is 10.9. The maximum atomic E-state index is 11.0. The zero-order valence-electron chi connectivity index (χ0n) is 11.1. The molecular weight excluding hydrogens is 268 g/mol. The van der Waals surface area contributed by atoms with Gasteiger partial charge in [-0.3, -0.25) is 20.2 Å². The van der Waals surface area contributed by atoms with Gasteiger partial charge in [0.2, 0.25) is 0 Å². The molecule has 0 aromatic heterocycles. The highest BCUT2D eigenvalue weighted by Gasteiger charge is 2.33. The fourth-order valence-electron chi connectivity index (χ4n) is 1.87. The van der Waals surface area contributed by atoms with Crippen molar-refractivity contribution in [2.45, 2.75) is 20.1 Å². The SMILES string of the molecule is CC1(C)COC(c2ccc([N+](=O)[O-])cc2[N+](=O)[O-])OC1. The van der Waals surface area contributed by atoms with Gasteiger partial charge >= 0.3 is 0 Å². The normalized spacial score (nSPS) is 18.7. The third-order valence-electron chi connectivity index (χ3n) is 2.93. The van der Waals surface area contributed by atoms with Crippen LogP contribution in [0.4, 0.5) is 11.4 Å². The van der Waals surface area contributed by atoms with E-state index in [4.69, 9.17) is 9.47 Å². The number of ether oxygens (including phenoxy) is 2. The summed E-state index contributed by atoms with van der Waals surface area (Å²) >= 11 is 0. The summed E-state index contributed by atoms with van der Waals surface area (Å²) in [5, 5.41) is 21.7. The van der Waals surface area contributed by atoms with Crippen LogP contribution in [-0.2, 0) is 9.47 Å². The van der Waals surface area contributed by atoms with E-state index in [0.717, 1.165) is 6.07 Å². The average molecular weight is 282 g/mol. The lowest BCUT2D eigenvalue weighted by atomic mass is 9.95. The van der Waals surface area contributed by atoms with Gasteiger partial charge in [0.05, 0.1) is 34.7 Å². The number of nitrogens with zero attached hydrogens (tertiary/aromatic N) is 2. The Morgan fingerprint density at radius 2 is 1.75 bits per heavy atom. The standard InChI is InChI=1S/C12H14N2O6/c1-12(2)6-19-11(20-7-12)9-4-3-8(13(15)16)5-10(9)14(17)18/h3-5,11H,6-7H2,1-2H3. The molecule has 1 aromatic carbocycles. The molecule has 1 aromatic rings. The number of nitro groups is 2. The van der Waals surface area contributed by atoms with Crippen LogP contribution in [0.2, 0.25) is 0 Å². The van der Waals surface area contributed by atoms with Gasteiger partial charge in [-0.1, -0.05) is 13.8 Å². The van der Waals surface area contributed by atoms with E-state index in [1.165, 1.54) is 12.1 Å². The Morgan fingerprint density at radius 1 is 1.15 bits per heavy atom. The molecule has 8 nitrogen and oxygen atoms in total. The van der Waals surface area contributed by atoms with Gasteiger partial charge in [-0.25, -0.2) is 0 Å². The van der Waals surface area contributed by atoms with Crippen molar-refractivity contribution in [1.82, 2.24) is 0 Å². The highest BCUT2D eigenvalue weighted by Crippen LogP contribution is 2.36. The molecule has 1 aliphatic rings. The predicted molar refractivity (Wildman–Crippen MR) is 68.2 cm³/mol. The summed E-state index contributed by atoms with van der Waals surface area (Å²) in [4.78, 5) is 20.4. The molecule has 0 unspecified atom stereocenters. The van der Waals surface area contributed by atoms with E-state index in [1.807, 2.05) is 13.8 Å². The van der Waals surface area contributed by atoms with E-state index >= 15 is 0 Å². The maximum absolute atomic E-state index is 11.0. The van der Waals surface area contributed by atoms with Crippen molar-refractivity contribution in [2.75, 3.05) is 13.2 Å². The third kappa shape index (κ3) is 2.91. The van der Waals surface area contributed by atoms with Gasteiger partial charge < -0.3 is 9.47 Å². The van der Waals surface area contributed by atoms with Gasteiger partial charge in [-0.2, -0.15) is 0 Å². The Balaban J connectivity index is 2.32. The Morgan fingerprint density at radius 3 is 2.25 bits per heavy atom. The lowest BCUT2D eigenvalue weighted by Gasteiger charge is -2.34. The second kappa shape index (κ2) is 5.14. The molecule has 2 rings (SSSR count). The molecule has 108 valence electrons. The second-order valence-electron chi connectivity index (χ2n) is 5.38. The summed E-state index contributed by atoms with van der Waals surface area (Å²) in [6, 6.07) is 3.43. The van der Waals surface area contributed by atoms with Crippen LogP contribution in [0.1, 0.15) is 25.7 Å². The van der Waals surface area contributed by atoms with Gasteiger partial charge in [0.1, 0.15) is 0 Å². The summed E-state index contributed by atoms with van der Waals surface area (Å²) in [5.74, 6) is 0. The number of hydrogen-bond acceptors (Lipinski definition) is 6. The lowest BCUT2D eigenvalue weighted by Crippen LogP contribution is -2.34. The maximum Gasteiger partial charge on any atom is 0.284 e. The van der Waals surface area contributed by atoms with Crippen LogP contribution in [0.5, 0.6) is 0 Å². The number of benzene rings is 1. The van der Waals surface area contributed by atoms with Crippen LogP contribution in [0.25, 0.3) is 0 Å². The number of non-ortho nitro benzene ring substituents is 1. The molecule has 8 heteroatoms. The largest absolute Gasteiger partial charge is 0.347 e. The first-order chi connectivity index (χ1) is 9.30. The number of nitro benzene ring substituents is 2. The van der Waals surface area contributed by atoms with Crippen molar-refractivity contribution >= 4 is 11.4 Å². The smallest absolute Gasteiger partial charge is 0.284 e. The van der Waals surface area contributed by atoms with E-state index in [-0.39, 0.29) is 22.4 Å². The predicted octanol–water partition coefficient (Wildman–Crippen LogP) is 2.57. The molecule has 0 bridgehead atoms.